The van der Waals surface area contributed by atoms with E-state index in [0.717, 1.165) is 12.8 Å². The number of carbonyl (C=O) groups is 1. The van der Waals surface area contributed by atoms with Crippen molar-refractivity contribution in [1.82, 2.24) is 9.36 Å². The number of aromatic nitrogens is 2. The Bertz CT molecular complexity index is 781. The minimum atomic E-state index is -0.271. The molecule has 0 atom stereocenters. The van der Waals surface area contributed by atoms with E-state index in [1.165, 1.54) is 13.2 Å². The van der Waals surface area contributed by atoms with Crippen molar-refractivity contribution >= 4 is 28.7 Å². The van der Waals surface area contributed by atoms with Crippen molar-refractivity contribution in [3.63, 3.8) is 0 Å². The molecule has 0 amide bonds. The van der Waals surface area contributed by atoms with Crippen LogP contribution in [0.1, 0.15) is 19.3 Å². The second-order valence-electron chi connectivity index (χ2n) is 5.28. The van der Waals surface area contributed by atoms with Gasteiger partial charge in [0.1, 0.15) is 0 Å². The van der Waals surface area contributed by atoms with E-state index in [1.54, 1.807) is 9.36 Å². The zero-order valence-corrected chi connectivity index (χ0v) is 12.3. The standard InChI is InChI=1S/C14H17N5O3/c1-22-11-7-9(8(15)6-10(11)20)17-12-13(16)18-4-2-3-5-19(18)14(12)21/h7,15H,2-6,16H2,1H3. The Balaban J connectivity index is 2.11. The summed E-state index contributed by atoms with van der Waals surface area (Å²) in [6, 6.07) is 0. The van der Waals surface area contributed by atoms with Crippen molar-refractivity contribution < 1.29 is 9.53 Å². The van der Waals surface area contributed by atoms with Crippen LogP contribution in [0.5, 0.6) is 0 Å². The number of aliphatic imine (C=N–C) groups is 1. The van der Waals surface area contributed by atoms with Gasteiger partial charge in [0.15, 0.2) is 17.3 Å². The van der Waals surface area contributed by atoms with Crippen molar-refractivity contribution in [1.29, 1.82) is 5.41 Å². The van der Waals surface area contributed by atoms with Crippen molar-refractivity contribution in [2.75, 3.05) is 12.8 Å². The van der Waals surface area contributed by atoms with Crippen LogP contribution < -0.4 is 11.3 Å². The van der Waals surface area contributed by atoms with Crippen LogP contribution >= 0.6 is 0 Å². The summed E-state index contributed by atoms with van der Waals surface area (Å²) >= 11 is 0. The van der Waals surface area contributed by atoms with E-state index in [9.17, 15) is 9.59 Å². The molecule has 116 valence electrons. The maximum atomic E-state index is 12.4. The Labute approximate surface area is 126 Å². The van der Waals surface area contributed by atoms with E-state index >= 15 is 0 Å². The Morgan fingerprint density at radius 3 is 2.59 bits per heavy atom. The first kappa shape index (κ1) is 14.3. The van der Waals surface area contributed by atoms with E-state index in [0.29, 0.717) is 18.9 Å². The number of hydrogen-bond acceptors (Lipinski definition) is 6. The van der Waals surface area contributed by atoms with Gasteiger partial charge in [-0.15, -0.1) is 0 Å². The van der Waals surface area contributed by atoms with Gasteiger partial charge in [0.25, 0.3) is 5.56 Å². The van der Waals surface area contributed by atoms with Gasteiger partial charge < -0.3 is 15.9 Å². The van der Waals surface area contributed by atoms with Crippen molar-refractivity contribution in [2.24, 2.45) is 4.99 Å². The van der Waals surface area contributed by atoms with Crippen LogP contribution in [0.15, 0.2) is 21.6 Å². The van der Waals surface area contributed by atoms with Gasteiger partial charge in [-0.25, -0.2) is 9.67 Å². The summed E-state index contributed by atoms with van der Waals surface area (Å²) in [5.74, 6) is 0.166. The number of Topliss-reactive ketones (excluding diaryl/α,β-unsaturated/α-hetero) is 1. The highest BCUT2D eigenvalue weighted by Gasteiger charge is 2.25. The minimum absolute atomic E-state index is 0.0544. The van der Waals surface area contributed by atoms with E-state index in [-0.39, 0.29) is 40.6 Å². The molecule has 0 aromatic carbocycles. The molecule has 3 rings (SSSR count). The van der Waals surface area contributed by atoms with Gasteiger partial charge in [0.2, 0.25) is 5.78 Å². The number of fused-ring (bicyclic) bond motifs is 1. The number of anilines is 1. The Hall–Kier alpha value is -2.64. The smallest absolute Gasteiger partial charge is 0.294 e. The molecule has 0 saturated carbocycles. The fraction of sp³-hybridized carbons (Fsp3) is 0.429. The zero-order chi connectivity index (χ0) is 15.9. The summed E-state index contributed by atoms with van der Waals surface area (Å²) in [5, 5.41) is 7.89. The van der Waals surface area contributed by atoms with E-state index in [2.05, 4.69) is 4.99 Å². The average molecular weight is 303 g/mol. The third-order valence-electron chi connectivity index (χ3n) is 3.88. The van der Waals surface area contributed by atoms with Crippen molar-refractivity contribution in [2.45, 2.75) is 32.4 Å². The zero-order valence-electron chi connectivity index (χ0n) is 12.3. The molecule has 8 heteroatoms. The Morgan fingerprint density at radius 1 is 1.27 bits per heavy atom. The van der Waals surface area contributed by atoms with Gasteiger partial charge >= 0.3 is 0 Å². The summed E-state index contributed by atoms with van der Waals surface area (Å²) in [6.07, 6.45) is 3.19. The minimum Gasteiger partial charge on any atom is -0.493 e. The molecule has 2 heterocycles. The molecule has 22 heavy (non-hydrogen) atoms. The van der Waals surface area contributed by atoms with E-state index < -0.39 is 0 Å². The Morgan fingerprint density at radius 2 is 1.95 bits per heavy atom. The van der Waals surface area contributed by atoms with Gasteiger partial charge in [-0.05, 0) is 12.8 Å². The predicted octanol–water partition coefficient (Wildman–Crippen LogP) is 0.621. The molecule has 8 nitrogen and oxygen atoms in total. The topological polar surface area (TPSA) is 115 Å². The van der Waals surface area contributed by atoms with E-state index in [4.69, 9.17) is 15.9 Å². The lowest BCUT2D eigenvalue weighted by molar-refractivity contribution is -0.117. The predicted molar refractivity (Wildman–Crippen MR) is 81.9 cm³/mol. The molecule has 1 aliphatic heterocycles. The van der Waals surface area contributed by atoms with E-state index in [1.807, 2.05) is 0 Å². The van der Waals surface area contributed by atoms with Crippen LogP contribution in [-0.4, -0.2) is 33.7 Å². The second-order valence-corrected chi connectivity index (χ2v) is 5.28. The van der Waals surface area contributed by atoms with Crippen LogP contribution in [0.2, 0.25) is 0 Å². The van der Waals surface area contributed by atoms with Crippen LogP contribution in [0.3, 0.4) is 0 Å². The SMILES string of the molecule is COC1=CC(=Nc2c(N)n3n(c2=O)CCCC3)C(=N)CC1=O. The summed E-state index contributed by atoms with van der Waals surface area (Å²) in [6.45, 7) is 1.30. The maximum absolute atomic E-state index is 12.4. The van der Waals surface area contributed by atoms with Gasteiger partial charge in [-0.3, -0.25) is 14.3 Å². The average Bonchev–Trinajstić information content (AvgIpc) is 2.75. The third-order valence-corrected chi connectivity index (χ3v) is 3.88. The molecule has 0 fully saturated rings. The quantitative estimate of drug-likeness (QED) is 0.833. The molecule has 0 bridgehead atoms. The first-order valence-electron chi connectivity index (χ1n) is 7.07. The summed E-state index contributed by atoms with van der Waals surface area (Å²) < 4.78 is 8.28. The highest BCUT2D eigenvalue weighted by molar-refractivity contribution is 6.51. The highest BCUT2D eigenvalue weighted by Crippen LogP contribution is 2.23. The van der Waals surface area contributed by atoms with Crippen LogP contribution in [-0.2, 0) is 22.6 Å². The molecular formula is C14H17N5O3. The number of hydrogen-bond donors (Lipinski definition) is 2. The number of nitrogens with one attached hydrogen (secondary N) is 1. The number of allylic oxidation sites excluding steroid dienone is 2. The lowest BCUT2D eigenvalue weighted by Crippen LogP contribution is -2.27. The number of rotatable bonds is 2. The molecule has 2 aliphatic rings. The molecule has 1 aromatic rings. The number of nitrogens with two attached hydrogens (primary N) is 1. The monoisotopic (exact) mass is 303 g/mol. The fourth-order valence-corrected chi connectivity index (χ4v) is 2.71. The number of nitrogen functional groups attached to an aromatic ring is 1. The fourth-order valence-electron chi connectivity index (χ4n) is 2.71. The molecular weight excluding hydrogens is 286 g/mol. The number of ketones is 1. The lowest BCUT2D eigenvalue weighted by atomic mass is 10.0. The normalized spacial score (nSPS) is 20.0. The molecule has 0 unspecified atom stereocenters. The largest absolute Gasteiger partial charge is 0.493 e. The summed E-state index contributed by atoms with van der Waals surface area (Å²) in [7, 11) is 1.39. The second kappa shape index (κ2) is 5.28. The van der Waals surface area contributed by atoms with Gasteiger partial charge in [-0.2, -0.15) is 0 Å². The summed E-state index contributed by atoms with van der Waals surface area (Å²) in [4.78, 5) is 28.3. The highest BCUT2D eigenvalue weighted by atomic mass is 16.5. The van der Waals surface area contributed by atoms with Gasteiger partial charge in [0, 0.05) is 19.2 Å². The maximum Gasteiger partial charge on any atom is 0.294 e. The first-order chi connectivity index (χ1) is 10.5. The molecule has 0 saturated heterocycles. The molecule has 0 spiro atoms. The number of methoxy groups -OCH3 is 1. The lowest BCUT2D eigenvalue weighted by Gasteiger charge is -2.17. The van der Waals surface area contributed by atoms with Crippen LogP contribution in [0.4, 0.5) is 11.5 Å². The molecule has 1 aromatic heterocycles. The number of nitrogens with zero attached hydrogens (tertiary/aromatic N) is 3. The first-order valence-corrected chi connectivity index (χ1v) is 7.07. The van der Waals surface area contributed by atoms with Crippen molar-refractivity contribution in [3.8, 4) is 0 Å². The summed E-state index contributed by atoms with van der Waals surface area (Å²) in [5.41, 5.74) is 6.19. The Kier molecular flexibility index (Phi) is 3.44. The van der Waals surface area contributed by atoms with Gasteiger partial charge in [0.05, 0.1) is 25.0 Å². The number of carbonyl (C=O) groups excluding carboxylic acids is 1. The molecule has 1 aliphatic carbocycles. The third kappa shape index (κ3) is 2.16. The van der Waals surface area contributed by atoms with Crippen LogP contribution in [0, 0.1) is 5.41 Å². The van der Waals surface area contributed by atoms with Crippen molar-refractivity contribution in [3.05, 3.63) is 22.2 Å². The van der Waals surface area contributed by atoms with Crippen LogP contribution in [0.25, 0.3) is 0 Å². The van der Waals surface area contributed by atoms with Gasteiger partial charge in [-0.1, -0.05) is 0 Å². The molecule has 3 N–H and O–H groups in total. The number of ether oxygens (including phenoxy) is 1. The molecule has 0 radical (unpaired) electrons.